The molecule has 0 spiro atoms. The number of carbonyl (C=O) groups excluding carboxylic acids is 1. The third kappa shape index (κ3) is 2.27. The lowest BCUT2D eigenvalue weighted by molar-refractivity contribution is 0.0775. The molecular formula is C15H15NO2. The number of Topliss-reactive ketones (excluding diaryl/α,β-unsaturated/α-hetero) is 1. The van der Waals surface area contributed by atoms with Crippen LogP contribution < -0.4 is 0 Å². The van der Waals surface area contributed by atoms with Crippen LogP contribution in [0, 0.1) is 0 Å². The van der Waals surface area contributed by atoms with E-state index in [-0.39, 0.29) is 11.9 Å². The summed E-state index contributed by atoms with van der Waals surface area (Å²) in [5.41, 5.74) is 1.60. The molecule has 1 unspecified atom stereocenters. The van der Waals surface area contributed by atoms with Gasteiger partial charge in [-0.1, -0.05) is 18.2 Å². The van der Waals surface area contributed by atoms with E-state index < -0.39 is 0 Å². The first-order valence-electron chi connectivity index (χ1n) is 6.32. The zero-order valence-electron chi connectivity index (χ0n) is 10.1. The number of fused-ring (bicyclic) bond motifs is 1. The van der Waals surface area contributed by atoms with Crippen LogP contribution >= 0.6 is 0 Å². The normalized spacial score (nSPS) is 19.2. The van der Waals surface area contributed by atoms with E-state index in [0.29, 0.717) is 6.42 Å². The molecule has 1 fully saturated rings. The molecule has 1 aromatic heterocycles. The van der Waals surface area contributed by atoms with Gasteiger partial charge < -0.3 is 4.74 Å². The van der Waals surface area contributed by atoms with Crippen molar-refractivity contribution in [2.45, 2.75) is 25.4 Å². The van der Waals surface area contributed by atoms with Crippen LogP contribution in [0.3, 0.4) is 0 Å². The minimum absolute atomic E-state index is 0.108. The molecule has 1 atom stereocenters. The van der Waals surface area contributed by atoms with E-state index in [2.05, 4.69) is 4.98 Å². The Morgan fingerprint density at radius 1 is 1.39 bits per heavy atom. The Labute approximate surface area is 106 Å². The van der Waals surface area contributed by atoms with E-state index in [1.165, 1.54) is 0 Å². The van der Waals surface area contributed by atoms with Gasteiger partial charge in [0.15, 0.2) is 5.78 Å². The maximum absolute atomic E-state index is 12.1. The summed E-state index contributed by atoms with van der Waals surface area (Å²) in [6.07, 6.45) is 4.40. The lowest BCUT2D eigenvalue weighted by Crippen LogP contribution is -2.12. The number of ketones is 1. The van der Waals surface area contributed by atoms with E-state index in [4.69, 9.17) is 4.74 Å². The first-order chi connectivity index (χ1) is 8.83. The van der Waals surface area contributed by atoms with Gasteiger partial charge in [-0.2, -0.15) is 0 Å². The zero-order chi connectivity index (χ0) is 12.4. The van der Waals surface area contributed by atoms with Crippen LogP contribution in [-0.4, -0.2) is 23.5 Å². The van der Waals surface area contributed by atoms with Crippen LogP contribution in [0.2, 0.25) is 0 Å². The number of hydrogen-bond donors (Lipinski definition) is 0. The average molecular weight is 241 g/mol. The molecule has 1 aliphatic heterocycles. The maximum Gasteiger partial charge on any atom is 0.165 e. The van der Waals surface area contributed by atoms with Crippen molar-refractivity contribution >= 4 is 16.7 Å². The van der Waals surface area contributed by atoms with Crippen molar-refractivity contribution in [2.75, 3.05) is 6.61 Å². The largest absolute Gasteiger partial charge is 0.378 e. The number of ether oxygens (including phenoxy) is 1. The van der Waals surface area contributed by atoms with E-state index >= 15 is 0 Å². The van der Waals surface area contributed by atoms with E-state index in [1.807, 2.05) is 30.3 Å². The van der Waals surface area contributed by atoms with Crippen molar-refractivity contribution in [3.8, 4) is 0 Å². The van der Waals surface area contributed by atoms with Crippen molar-refractivity contribution in [3.63, 3.8) is 0 Å². The first-order valence-corrected chi connectivity index (χ1v) is 6.32. The highest BCUT2D eigenvalue weighted by Gasteiger charge is 2.20. The molecule has 1 aliphatic rings. The maximum atomic E-state index is 12.1. The van der Waals surface area contributed by atoms with Crippen molar-refractivity contribution in [1.29, 1.82) is 0 Å². The van der Waals surface area contributed by atoms with Crippen LogP contribution in [-0.2, 0) is 4.74 Å². The summed E-state index contributed by atoms with van der Waals surface area (Å²) in [7, 11) is 0. The fourth-order valence-electron chi connectivity index (χ4n) is 2.37. The quantitative estimate of drug-likeness (QED) is 0.775. The van der Waals surface area contributed by atoms with Gasteiger partial charge in [0.05, 0.1) is 11.6 Å². The van der Waals surface area contributed by atoms with E-state index in [9.17, 15) is 4.79 Å². The Balaban J connectivity index is 1.82. The molecule has 0 bridgehead atoms. The lowest BCUT2D eigenvalue weighted by Gasteiger charge is -2.08. The summed E-state index contributed by atoms with van der Waals surface area (Å²) in [6, 6.07) is 9.59. The average Bonchev–Trinajstić information content (AvgIpc) is 2.91. The summed E-state index contributed by atoms with van der Waals surface area (Å²) in [6.45, 7) is 0.789. The monoisotopic (exact) mass is 241 g/mol. The highest BCUT2D eigenvalue weighted by molar-refractivity contribution is 5.99. The second-order valence-electron chi connectivity index (χ2n) is 4.67. The Bertz CT molecular complexity index is 573. The van der Waals surface area contributed by atoms with Crippen LogP contribution in [0.5, 0.6) is 0 Å². The Hall–Kier alpha value is -1.74. The van der Waals surface area contributed by atoms with Gasteiger partial charge in [0.1, 0.15) is 0 Å². The number of benzene rings is 1. The molecule has 1 saturated heterocycles. The predicted octanol–water partition coefficient (Wildman–Crippen LogP) is 2.99. The Morgan fingerprint density at radius 3 is 3.17 bits per heavy atom. The molecule has 92 valence electrons. The molecule has 0 radical (unpaired) electrons. The molecule has 18 heavy (non-hydrogen) atoms. The number of aromatic nitrogens is 1. The topological polar surface area (TPSA) is 39.2 Å². The van der Waals surface area contributed by atoms with Gasteiger partial charge >= 0.3 is 0 Å². The summed E-state index contributed by atoms with van der Waals surface area (Å²) >= 11 is 0. The number of rotatable bonds is 3. The molecule has 2 aromatic rings. The predicted molar refractivity (Wildman–Crippen MR) is 69.7 cm³/mol. The smallest absolute Gasteiger partial charge is 0.165 e. The molecule has 0 saturated carbocycles. The van der Waals surface area contributed by atoms with Gasteiger partial charge in [0.25, 0.3) is 0 Å². The minimum atomic E-state index is 0.108. The molecule has 2 heterocycles. The van der Waals surface area contributed by atoms with Crippen LogP contribution in [0.1, 0.15) is 29.6 Å². The molecule has 3 rings (SSSR count). The molecule has 0 N–H and O–H groups in total. The number of hydrogen-bond acceptors (Lipinski definition) is 3. The Kier molecular flexibility index (Phi) is 3.07. The third-order valence-corrected chi connectivity index (χ3v) is 3.36. The number of carbonyl (C=O) groups is 1. The fourth-order valence-corrected chi connectivity index (χ4v) is 2.37. The second-order valence-corrected chi connectivity index (χ2v) is 4.67. The van der Waals surface area contributed by atoms with Crippen LogP contribution in [0.15, 0.2) is 36.5 Å². The highest BCUT2D eigenvalue weighted by Crippen LogP contribution is 2.19. The molecule has 3 heteroatoms. The number of pyridine rings is 1. The van der Waals surface area contributed by atoms with Crippen LogP contribution in [0.4, 0.5) is 0 Å². The summed E-state index contributed by atoms with van der Waals surface area (Å²) in [5, 5.41) is 1.06. The first kappa shape index (κ1) is 11.4. The van der Waals surface area contributed by atoms with Crippen molar-refractivity contribution in [1.82, 2.24) is 4.98 Å². The Morgan fingerprint density at radius 2 is 2.33 bits per heavy atom. The second kappa shape index (κ2) is 4.86. The van der Waals surface area contributed by atoms with E-state index in [1.54, 1.807) is 6.20 Å². The lowest BCUT2D eigenvalue weighted by atomic mass is 10.0. The van der Waals surface area contributed by atoms with Crippen molar-refractivity contribution < 1.29 is 9.53 Å². The van der Waals surface area contributed by atoms with E-state index in [0.717, 1.165) is 35.9 Å². The standard InChI is InChI=1S/C15H15NO2/c17-15(10-13-4-2-8-18-13)12-6-5-11-3-1-7-16-14(11)9-12/h1,3,5-7,9,13H,2,4,8,10H2. The summed E-state index contributed by atoms with van der Waals surface area (Å²) < 4.78 is 5.50. The zero-order valence-corrected chi connectivity index (χ0v) is 10.1. The van der Waals surface area contributed by atoms with Gasteiger partial charge in [-0.3, -0.25) is 9.78 Å². The van der Waals surface area contributed by atoms with Crippen molar-refractivity contribution in [3.05, 3.63) is 42.1 Å². The highest BCUT2D eigenvalue weighted by atomic mass is 16.5. The molecule has 0 amide bonds. The SMILES string of the molecule is O=C(CC1CCCO1)c1ccc2cccnc2c1. The summed E-state index contributed by atoms with van der Waals surface area (Å²) in [4.78, 5) is 16.4. The minimum Gasteiger partial charge on any atom is -0.378 e. The van der Waals surface area contributed by atoms with Crippen LogP contribution in [0.25, 0.3) is 10.9 Å². The van der Waals surface area contributed by atoms with Gasteiger partial charge in [0.2, 0.25) is 0 Å². The molecule has 0 aliphatic carbocycles. The molecule has 3 nitrogen and oxygen atoms in total. The van der Waals surface area contributed by atoms with Gasteiger partial charge in [0, 0.05) is 30.2 Å². The third-order valence-electron chi connectivity index (χ3n) is 3.36. The van der Waals surface area contributed by atoms with Crippen molar-refractivity contribution in [2.24, 2.45) is 0 Å². The molecule has 1 aromatic carbocycles. The fraction of sp³-hybridized carbons (Fsp3) is 0.333. The number of nitrogens with zero attached hydrogens (tertiary/aromatic N) is 1. The molecular weight excluding hydrogens is 226 g/mol. The van der Waals surface area contributed by atoms with Gasteiger partial charge in [-0.15, -0.1) is 0 Å². The summed E-state index contributed by atoms with van der Waals surface area (Å²) in [5.74, 6) is 0.148. The van der Waals surface area contributed by atoms with Gasteiger partial charge in [-0.25, -0.2) is 0 Å². The van der Waals surface area contributed by atoms with Gasteiger partial charge in [-0.05, 0) is 25.0 Å².